The van der Waals surface area contributed by atoms with Crippen LogP contribution in [0.25, 0.3) is 0 Å². The molecule has 134 valence electrons. The van der Waals surface area contributed by atoms with E-state index in [4.69, 9.17) is 5.41 Å². The fourth-order valence-electron chi connectivity index (χ4n) is 3.79. The van der Waals surface area contributed by atoms with Crippen LogP contribution in [-0.2, 0) is 19.4 Å². The topological polar surface area (TPSA) is 49.1 Å². The summed E-state index contributed by atoms with van der Waals surface area (Å²) in [5.74, 6) is 0.104. The Morgan fingerprint density at radius 1 is 1.04 bits per heavy atom. The van der Waals surface area contributed by atoms with Crippen LogP contribution >= 0.6 is 28.3 Å². The third-order valence-electron chi connectivity index (χ3n) is 5.14. The Hall–Kier alpha value is -1.40. The summed E-state index contributed by atoms with van der Waals surface area (Å²) in [7, 11) is 0. The lowest BCUT2D eigenvalue weighted by molar-refractivity contribution is 0.0969. The van der Waals surface area contributed by atoms with Gasteiger partial charge in [0.2, 0.25) is 0 Å². The molecule has 2 aromatic rings. The number of benzene rings is 1. The number of nitrogens with zero attached hydrogens (tertiary/aromatic N) is 2. The summed E-state index contributed by atoms with van der Waals surface area (Å²) in [6.07, 6.45) is 6.96. The number of carbonyl (C=O) groups is 1. The first kappa shape index (κ1) is 18.4. The minimum atomic E-state index is 0. The van der Waals surface area contributed by atoms with Gasteiger partial charge in [-0.05, 0) is 62.8 Å². The summed E-state index contributed by atoms with van der Waals surface area (Å²) in [6.45, 7) is 2.53. The minimum Gasteiger partial charge on any atom is -0.372 e. The number of rotatable bonds is 4. The van der Waals surface area contributed by atoms with Crippen LogP contribution in [0, 0.1) is 5.41 Å². The second kappa shape index (κ2) is 7.87. The van der Waals surface area contributed by atoms with Gasteiger partial charge in [-0.2, -0.15) is 0 Å². The maximum absolute atomic E-state index is 12.7. The third kappa shape index (κ3) is 3.75. The molecule has 2 heterocycles. The molecule has 4 rings (SSSR count). The lowest BCUT2D eigenvalue weighted by Crippen LogP contribution is -2.23. The van der Waals surface area contributed by atoms with Gasteiger partial charge >= 0.3 is 0 Å². The monoisotopic (exact) mass is 421 g/mol. The molecule has 2 aliphatic rings. The average molecular weight is 422 g/mol. The quantitative estimate of drug-likeness (QED) is 0.759. The highest BCUT2D eigenvalue weighted by molar-refractivity contribution is 8.93. The molecule has 1 aromatic heterocycles. The number of halogens is 1. The lowest BCUT2D eigenvalue weighted by Gasteiger charge is -2.18. The van der Waals surface area contributed by atoms with E-state index in [0.717, 1.165) is 31.5 Å². The summed E-state index contributed by atoms with van der Waals surface area (Å²) in [4.78, 5) is 16.9. The highest BCUT2D eigenvalue weighted by Gasteiger charge is 2.19. The molecule has 0 amide bonds. The highest BCUT2D eigenvalue weighted by atomic mass is 79.9. The number of thiazole rings is 1. The van der Waals surface area contributed by atoms with Gasteiger partial charge in [-0.15, -0.1) is 28.3 Å². The van der Waals surface area contributed by atoms with Gasteiger partial charge in [0.15, 0.2) is 10.6 Å². The van der Waals surface area contributed by atoms with E-state index in [1.54, 1.807) is 11.3 Å². The van der Waals surface area contributed by atoms with Gasteiger partial charge < -0.3 is 9.47 Å². The molecule has 0 spiro atoms. The number of fused-ring (bicyclic) bond motifs is 1. The normalized spacial score (nSPS) is 16.4. The molecule has 0 unspecified atom stereocenters. The Morgan fingerprint density at radius 2 is 1.72 bits per heavy atom. The molecule has 0 atom stereocenters. The smallest absolute Gasteiger partial charge is 0.182 e. The molecule has 0 bridgehead atoms. The first-order valence-corrected chi connectivity index (χ1v) is 9.68. The number of carbonyl (C=O) groups excluding carboxylic acids is 1. The van der Waals surface area contributed by atoms with Gasteiger partial charge in [0.25, 0.3) is 0 Å². The molecule has 1 aliphatic heterocycles. The fourth-order valence-corrected chi connectivity index (χ4v) is 4.88. The van der Waals surface area contributed by atoms with E-state index in [1.807, 2.05) is 16.7 Å². The molecule has 0 saturated carbocycles. The summed E-state index contributed by atoms with van der Waals surface area (Å²) < 4.78 is 1.93. The van der Waals surface area contributed by atoms with E-state index >= 15 is 0 Å². The molecule has 1 saturated heterocycles. The van der Waals surface area contributed by atoms with E-state index in [-0.39, 0.29) is 22.8 Å². The van der Waals surface area contributed by atoms with Crippen LogP contribution in [0.2, 0.25) is 0 Å². The van der Waals surface area contributed by atoms with Crippen molar-refractivity contribution in [2.75, 3.05) is 18.0 Å². The van der Waals surface area contributed by atoms with Crippen molar-refractivity contribution >= 4 is 39.8 Å². The van der Waals surface area contributed by atoms with Crippen LogP contribution in [0.15, 0.2) is 24.3 Å². The largest absolute Gasteiger partial charge is 0.372 e. The highest BCUT2D eigenvalue weighted by Crippen LogP contribution is 2.24. The number of Topliss-reactive ketones (excluding diaryl/α,β-unsaturated/α-hetero) is 1. The zero-order valence-electron chi connectivity index (χ0n) is 14.3. The van der Waals surface area contributed by atoms with Crippen molar-refractivity contribution in [1.29, 1.82) is 5.41 Å². The molecule has 6 heteroatoms. The van der Waals surface area contributed by atoms with E-state index < -0.39 is 0 Å². The number of hydrogen-bond donors (Lipinski definition) is 1. The Kier molecular flexibility index (Phi) is 5.79. The van der Waals surface area contributed by atoms with Crippen LogP contribution < -0.4 is 9.70 Å². The van der Waals surface area contributed by atoms with Crippen molar-refractivity contribution in [3.8, 4) is 0 Å². The molecule has 1 aliphatic carbocycles. The van der Waals surface area contributed by atoms with Gasteiger partial charge in [-0.25, -0.2) is 0 Å². The van der Waals surface area contributed by atoms with Crippen LogP contribution in [-0.4, -0.2) is 23.4 Å². The van der Waals surface area contributed by atoms with Crippen molar-refractivity contribution in [3.05, 3.63) is 45.2 Å². The predicted molar refractivity (Wildman–Crippen MR) is 107 cm³/mol. The van der Waals surface area contributed by atoms with Crippen molar-refractivity contribution in [1.82, 2.24) is 4.57 Å². The summed E-state index contributed by atoms with van der Waals surface area (Å²) in [6, 6.07) is 8.01. The lowest BCUT2D eigenvalue weighted by atomic mass is 10.0. The van der Waals surface area contributed by atoms with Gasteiger partial charge in [-0.3, -0.25) is 10.2 Å². The molecule has 25 heavy (non-hydrogen) atoms. The van der Waals surface area contributed by atoms with Crippen LogP contribution in [0.3, 0.4) is 0 Å². The van der Waals surface area contributed by atoms with Gasteiger partial charge in [-0.1, -0.05) is 0 Å². The molecule has 1 fully saturated rings. The number of anilines is 1. The van der Waals surface area contributed by atoms with Crippen LogP contribution in [0.4, 0.5) is 5.69 Å². The SMILES string of the molecule is Br.N=c1sc2c(n1CC(=O)c1ccc(N3CCCC3)cc1)CCCC2. The van der Waals surface area contributed by atoms with Crippen molar-refractivity contribution < 1.29 is 4.79 Å². The number of ketones is 1. The summed E-state index contributed by atoms with van der Waals surface area (Å²) in [5, 5.41) is 8.19. The first-order valence-electron chi connectivity index (χ1n) is 8.86. The van der Waals surface area contributed by atoms with E-state index in [9.17, 15) is 4.79 Å². The number of nitrogens with one attached hydrogen (secondary N) is 1. The van der Waals surface area contributed by atoms with Gasteiger partial charge in [0.05, 0.1) is 6.54 Å². The maximum Gasteiger partial charge on any atom is 0.182 e. The van der Waals surface area contributed by atoms with Crippen molar-refractivity contribution in [2.45, 2.75) is 45.1 Å². The Labute approximate surface area is 162 Å². The molecule has 1 N–H and O–H groups in total. The summed E-state index contributed by atoms with van der Waals surface area (Å²) in [5.41, 5.74) is 3.18. The molecular weight excluding hydrogens is 398 g/mol. The van der Waals surface area contributed by atoms with Crippen LogP contribution in [0.1, 0.15) is 46.6 Å². The zero-order valence-corrected chi connectivity index (χ0v) is 16.8. The average Bonchev–Trinajstić information content (AvgIpc) is 3.24. The Balaban J connectivity index is 0.00000182. The summed E-state index contributed by atoms with van der Waals surface area (Å²) >= 11 is 1.54. The second-order valence-corrected chi connectivity index (χ2v) is 7.82. The minimum absolute atomic E-state index is 0. The standard InChI is InChI=1S/C19H23N3OS.BrH/c20-19-22(16-5-1-2-6-18(16)24-19)13-17(23)14-7-9-15(10-8-14)21-11-3-4-12-21;/h7-10,20H,1-6,11-13H2;1H. The number of hydrogen-bond acceptors (Lipinski definition) is 4. The number of aryl methyl sites for hydroxylation is 1. The third-order valence-corrected chi connectivity index (χ3v) is 6.24. The van der Waals surface area contributed by atoms with E-state index in [1.165, 1.54) is 41.9 Å². The first-order chi connectivity index (χ1) is 11.7. The molecule has 0 radical (unpaired) electrons. The van der Waals surface area contributed by atoms with E-state index in [0.29, 0.717) is 11.3 Å². The fraction of sp³-hybridized carbons (Fsp3) is 0.474. The molecular formula is C19H24BrN3OS. The zero-order chi connectivity index (χ0) is 16.5. The molecule has 1 aromatic carbocycles. The van der Waals surface area contributed by atoms with E-state index in [2.05, 4.69) is 17.0 Å². The second-order valence-electron chi connectivity index (χ2n) is 6.73. The predicted octanol–water partition coefficient (Wildman–Crippen LogP) is 3.97. The Bertz CT molecular complexity index is 803. The maximum atomic E-state index is 12.7. The van der Waals surface area contributed by atoms with Gasteiger partial charge in [0.1, 0.15) is 0 Å². The molecule has 4 nitrogen and oxygen atoms in total. The Morgan fingerprint density at radius 3 is 2.44 bits per heavy atom. The van der Waals surface area contributed by atoms with Crippen molar-refractivity contribution in [2.24, 2.45) is 0 Å². The van der Waals surface area contributed by atoms with Crippen LogP contribution in [0.5, 0.6) is 0 Å². The van der Waals surface area contributed by atoms with Crippen molar-refractivity contribution in [3.63, 3.8) is 0 Å². The van der Waals surface area contributed by atoms with Gasteiger partial charge in [0, 0.05) is 34.9 Å². The number of aromatic nitrogens is 1.